The minimum Gasteiger partial charge on any atom is -0.462 e. The molecule has 0 radical (unpaired) electrons. The van der Waals surface area contributed by atoms with E-state index in [0.717, 1.165) is 96.3 Å². The van der Waals surface area contributed by atoms with Crippen molar-refractivity contribution in [3.63, 3.8) is 0 Å². The Hall–Kier alpha value is -2.63. The number of rotatable bonds is 61. The lowest BCUT2D eigenvalue weighted by atomic mass is 10.0. The van der Waals surface area contributed by atoms with Gasteiger partial charge in [-0.1, -0.05) is 307 Å². The molecule has 1 atom stereocenters. The zero-order valence-electron chi connectivity index (χ0n) is 50.3. The van der Waals surface area contributed by atoms with Gasteiger partial charge in [0.1, 0.15) is 13.2 Å². The van der Waals surface area contributed by atoms with Crippen molar-refractivity contribution >= 4 is 17.9 Å². The summed E-state index contributed by atoms with van der Waals surface area (Å²) in [7, 11) is 0. The first-order chi connectivity index (χ1) is 37.0. The summed E-state index contributed by atoms with van der Waals surface area (Å²) in [5.41, 5.74) is 0. The van der Waals surface area contributed by atoms with Gasteiger partial charge >= 0.3 is 17.9 Å². The largest absolute Gasteiger partial charge is 0.462 e. The van der Waals surface area contributed by atoms with Crippen LogP contribution in [0.3, 0.4) is 0 Å². The van der Waals surface area contributed by atoms with Gasteiger partial charge < -0.3 is 14.2 Å². The second kappa shape index (κ2) is 63.9. The molecule has 0 saturated carbocycles. The third-order valence-electron chi connectivity index (χ3n) is 14.8. The standard InChI is InChI=1S/C69H126O6/c1-4-7-10-13-16-19-22-25-28-30-32-34-36-38-41-44-47-50-53-56-59-62-68(71)74-65-66(64-73-67(70)61-58-55-52-49-46-43-40-27-24-21-18-15-12-9-6-3)75-69(72)63-60-57-54-51-48-45-42-39-37-35-33-31-29-26-23-20-17-14-11-8-5-2/h9,12,18,21,26-27,29,40,66H,4-8,10-11,13-17,19-20,22-25,28,30-39,41-65H2,1-3H3/b12-9-,21-18-,29-26-,40-27-/t66-/m1/s1. The Morgan fingerprint density at radius 1 is 0.280 bits per heavy atom. The first-order valence-electron chi connectivity index (χ1n) is 33.1. The Kier molecular flexibility index (Phi) is 61.7. The molecule has 6 nitrogen and oxygen atoms in total. The lowest BCUT2D eigenvalue weighted by molar-refractivity contribution is -0.167. The summed E-state index contributed by atoms with van der Waals surface area (Å²) in [5, 5.41) is 0. The van der Waals surface area contributed by atoms with Crippen molar-refractivity contribution in [3.8, 4) is 0 Å². The first kappa shape index (κ1) is 72.4. The minimum atomic E-state index is -0.780. The predicted molar refractivity (Wildman–Crippen MR) is 325 cm³/mol. The number of allylic oxidation sites excluding steroid dienone is 8. The summed E-state index contributed by atoms with van der Waals surface area (Å²) in [6, 6.07) is 0. The Morgan fingerprint density at radius 2 is 0.520 bits per heavy atom. The maximum absolute atomic E-state index is 12.9. The molecule has 0 aromatic rings. The van der Waals surface area contributed by atoms with Crippen LogP contribution in [0.25, 0.3) is 0 Å². The van der Waals surface area contributed by atoms with Crippen LogP contribution in [-0.4, -0.2) is 37.2 Å². The highest BCUT2D eigenvalue weighted by Crippen LogP contribution is 2.18. The Bertz CT molecular complexity index is 1300. The number of hydrogen-bond donors (Lipinski definition) is 0. The molecule has 0 aliphatic carbocycles. The van der Waals surface area contributed by atoms with Crippen LogP contribution < -0.4 is 0 Å². The Morgan fingerprint density at radius 3 is 0.827 bits per heavy atom. The number of ether oxygens (including phenoxy) is 3. The van der Waals surface area contributed by atoms with E-state index in [0.29, 0.717) is 19.3 Å². The van der Waals surface area contributed by atoms with E-state index < -0.39 is 6.10 Å². The van der Waals surface area contributed by atoms with Gasteiger partial charge in [-0.2, -0.15) is 0 Å². The predicted octanol–water partition coefficient (Wildman–Crippen LogP) is 22.6. The lowest BCUT2D eigenvalue weighted by Gasteiger charge is -2.18. The van der Waals surface area contributed by atoms with E-state index in [1.807, 2.05) is 0 Å². The van der Waals surface area contributed by atoms with Gasteiger partial charge in [0.2, 0.25) is 0 Å². The Balaban J connectivity index is 4.31. The summed E-state index contributed by atoms with van der Waals surface area (Å²) < 4.78 is 17.0. The average molecular weight is 1050 g/mol. The number of esters is 3. The van der Waals surface area contributed by atoms with Crippen LogP contribution >= 0.6 is 0 Å². The third kappa shape index (κ3) is 62.1. The maximum Gasteiger partial charge on any atom is 0.306 e. The molecule has 0 amide bonds. The van der Waals surface area contributed by atoms with Crippen molar-refractivity contribution in [2.45, 2.75) is 361 Å². The van der Waals surface area contributed by atoms with Gasteiger partial charge in [0.15, 0.2) is 6.10 Å². The van der Waals surface area contributed by atoms with Crippen molar-refractivity contribution in [1.82, 2.24) is 0 Å². The highest BCUT2D eigenvalue weighted by atomic mass is 16.6. The highest BCUT2D eigenvalue weighted by Gasteiger charge is 2.19. The molecule has 0 saturated heterocycles. The first-order valence-corrected chi connectivity index (χ1v) is 33.1. The van der Waals surface area contributed by atoms with E-state index in [2.05, 4.69) is 69.4 Å². The fourth-order valence-corrected chi connectivity index (χ4v) is 9.87. The van der Waals surface area contributed by atoms with Crippen LogP contribution in [0.4, 0.5) is 0 Å². The van der Waals surface area contributed by atoms with Crippen LogP contribution in [0.15, 0.2) is 48.6 Å². The maximum atomic E-state index is 12.9. The van der Waals surface area contributed by atoms with Crippen LogP contribution in [0.5, 0.6) is 0 Å². The molecule has 0 aliphatic rings. The molecule has 0 fully saturated rings. The van der Waals surface area contributed by atoms with Crippen LogP contribution in [0, 0.1) is 0 Å². The summed E-state index contributed by atoms with van der Waals surface area (Å²) in [4.78, 5) is 38.4. The molecule has 0 spiro atoms. The van der Waals surface area contributed by atoms with Crippen molar-refractivity contribution in [2.24, 2.45) is 0 Å². The molecule has 0 unspecified atom stereocenters. The highest BCUT2D eigenvalue weighted by molar-refractivity contribution is 5.71. The van der Waals surface area contributed by atoms with Crippen molar-refractivity contribution in [3.05, 3.63) is 48.6 Å². The summed E-state index contributed by atoms with van der Waals surface area (Å²) in [6.45, 7) is 6.57. The van der Waals surface area contributed by atoms with Crippen LogP contribution in [0.2, 0.25) is 0 Å². The number of carbonyl (C=O) groups is 3. The van der Waals surface area contributed by atoms with Gasteiger partial charge in [0, 0.05) is 19.3 Å². The molecule has 0 aromatic carbocycles. The molecule has 75 heavy (non-hydrogen) atoms. The second-order valence-electron chi connectivity index (χ2n) is 22.4. The Labute approximate surface area is 467 Å². The van der Waals surface area contributed by atoms with E-state index >= 15 is 0 Å². The smallest absolute Gasteiger partial charge is 0.306 e. The van der Waals surface area contributed by atoms with Crippen molar-refractivity contribution in [1.29, 1.82) is 0 Å². The van der Waals surface area contributed by atoms with E-state index in [1.54, 1.807) is 0 Å². The van der Waals surface area contributed by atoms with Crippen molar-refractivity contribution < 1.29 is 28.6 Å². The van der Waals surface area contributed by atoms with Crippen molar-refractivity contribution in [2.75, 3.05) is 13.2 Å². The SMILES string of the molecule is CC/C=C\C/C=C\C/C=C\CCCCCCCC(=O)OC[C@H](COC(=O)CCCCCCCCCCCCCCCCCCCCCCC)OC(=O)CCCCCCCCCCCCC/C=C\CCCCCCCC. The van der Waals surface area contributed by atoms with Gasteiger partial charge in [0.05, 0.1) is 0 Å². The normalized spacial score (nSPS) is 12.3. The molecule has 0 aliphatic heterocycles. The van der Waals surface area contributed by atoms with Gasteiger partial charge in [-0.3, -0.25) is 14.4 Å². The van der Waals surface area contributed by atoms with Gasteiger partial charge in [0.25, 0.3) is 0 Å². The molecule has 0 N–H and O–H groups in total. The number of hydrogen-bond acceptors (Lipinski definition) is 6. The molecular weight excluding hydrogens is 925 g/mol. The quantitative estimate of drug-likeness (QED) is 0.0261. The molecule has 0 rings (SSSR count). The molecule has 0 aromatic heterocycles. The molecule has 0 heterocycles. The monoisotopic (exact) mass is 1050 g/mol. The van der Waals surface area contributed by atoms with Gasteiger partial charge in [-0.05, 0) is 77.0 Å². The van der Waals surface area contributed by atoms with E-state index in [4.69, 9.17) is 14.2 Å². The van der Waals surface area contributed by atoms with Gasteiger partial charge in [-0.25, -0.2) is 0 Å². The molecular formula is C69H126O6. The topological polar surface area (TPSA) is 78.9 Å². The van der Waals surface area contributed by atoms with Crippen LogP contribution in [-0.2, 0) is 28.6 Å². The second-order valence-corrected chi connectivity index (χ2v) is 22.4. The van der Waals surface area contributed by atoms with Gasteiger partial charge in [-0.15, -0.1) is 0 Å². The van der Waals surface area contributed by atoms with E-state index in [1.165, 1.54) is 218 Å². The zero-order chi connectivity index (χ0) is 54.3. The van der Waals surface area contributed by atoms with E-state index in [-0.39, 0.29) is 31.1 Å². The number of carbonyl (C=O) groups excluding carboxylic acids is 3. The third-order valence-corrected chi connectivity index (χ3v) is 14.8. The zero-order valence-corrected chi connectivity index (χ0v) is 50.3. The minimum absolute atomic E-state index is 0.0749. The summed E-state index contributed by atoms with van der Waals surface area (Å²) in [6.07, 6.45) is 79.8. The fourth-order valence-electron chi connectivity index (χ4n) is 9.87. The molecule has 6 heteroatoms. The summed E-state index contributed by atoms with van der Waals surface area (Å²) in [5.74, 6) is -0.870. The molecule has 438 valence electrons. The van der Waals surface area contributed by atoms with Crippen LogP contribution in [0.1, 0.15) is 355 Å². The fraction of sp³-hybridized carbons (Fsp3) is 0.841. The van der Waals surface area contributed by atoms with E-state index in [9.17, 15) is 14.4 Å². The number of unbranched alkanes of at least 4 members (excludes halogenated alkanes) is 42. The summed E-state index contributed by atoms with van der Waals surface area (Å²) >= 11 is 0. The lowest BCUT2D eigenvalue weighted by Crippen LogP contribution is -2.30. The average Bonchev–Trinajstić information content (AvgIpc) is 3.41. The molecule has 0 bridgehead atoms.